The van der Waals surface area contributed by atoms with Crippen LogP contribution in [0.4, 0.5) is 13.2 Å². The van der Waals surface area contributed by atoms with Crippen molar-refractivity contribution in [1.82, 2.24) is 15.1 Å². The van der Waals surface area contributed by atoms with Crippen molar-refractivity contribution in [2.75, 3.05) is 19.4 Å². The number of ether oxygens (including phenoxy) is 1. The first kappa shape index (κ1) is 25.6. The second kappa shape index (κ2) is 9.19. The van der Waals surface area contributed by atoms with Crippen molar-refractivity contribution >= 4 is 15.6 Å². The normalized spacial score (nSPS) is 23.4. The lowest BCUT2D eigenvalue weighted by atomic mass is 9.91. The topological polar surface area (TPSA) is 129 Å². The van der Waals surface area contributed by atoms with Gasteiger partial charge in [-0.3, -0.25) is 4.99 Å². The van der Waals surface area contributed by atoms with E-state index in [1.54, 1.807) is 32.9 Å². The van der Waals surface area contributed by atoms with Gasteiger partial charge < -0.3 is 15.0 Å². The summed E-state index contributed by atoms with van der Waals surface area (Å²) >= 11 is 0. The Hall–Kier alpha value is -3.48. The van der Waals surface area contributed by atoms with Crippen LogP contribution in [0.3, 0.4) is 0 Å². The van der Waals surface area contributed by atoms with Crippen LogP contribution in [0, 0.1) is 5.82 Å². The summed E-state index contributed by atoms with van der Waals surface area (Å²) in [5.74, 6) is 0.144. The minimum absolute atomic E-state index is 0.0138. The number of halogens is 3. The molecule has 192 valence electrons. The Bertz CT molecular complexity index is 1430. The molecule has 0 fully saturated rings. The molecule has 4 rings (SSSR count). The van der Waals surface area contributed by atoms with Crippen molar-refractivity contribution in [2.45, 2.75) is 37.5 Å². The third-order valence-electron chi connectivity index (χ3n) is 6.13. The standard InChI is InChI=1S/C23H25F3N6O3S/c1-22(2)21(27)31-23(3,12-36(22,33)28-4)15-7-13(5-6-16(15)24)18-8-17(32-35-18)20-29-9-14(10-30-20)34-11-19(25)26/h5-10,19H,11-12H2,1-4H3,(H2,27,31)/t23-,36+/m0/s1. The highest BCUT2D eigenvalue weighted by atomic mass is 32.2. The monoisotopic (exact) mass is 522 g/mol. The van der Waals surface area contributed by atoms with E-state index in [1.165, 1.54) is 31.6 Å². The van der Waals surface area contributed by atoms with E-state index in [0.717, 1.165) is 0 Å². The van der Waals surface area contributed by atoms with Crippen LogP contribution in [0.15, 0.2) is 50.5 Å². The number of benzene rings is 1. The average Bonchev–Trinajstić information content (AvgIpc) is 3.32. The number of alkyl halides is 2. The van der Waals surface area contributed by atoms with Crippen molar-refractivity contribution in [2.24, 2.45) is 15.1 Å². The molecule has 3 aromatic rings. The largest absolute Gasteiger partial charge is 0.484 e. The van der Waals surface area contributed by atoms with Gasteiger partial charge in [0, 0.05) is 24.2 Å². The predicted octanol–water partition coefficient (Wildman–Crippen LogP) is 4.04. The van der Waals surface area contributed by atoms with E-state index < -0.39 is 38.9 Å². The number of nitrogens with zero attached hydrogens (tertiary/aromatic N) is 5. The highest BCUT2D eigenvalue weighted by Gasteiger charge is 2.47. The summed E-state index contributed by atoms with van der Waals surface area (Å²) in [5.41, 5.74) is 5.91. The number of aromatic nitrogens is 3. The quantitative estimate of drug-likeness (QED) is 0.517. The van der Waals surface area contributed by atoms with Gasteiger partial charge in [0.05, 0.1) is 27.9 Å². The molecule has 1 aliphatic rings. The molecule has 2 aromatic heterocycles. The number of hydrogen-bond donors (Lipinski definition) is 1. The summed E-state index contributed by atoms with van der Waals surface area (Å²) in [5, 5.41) is 3.95. The Morgan fingerprint density at radius 3 is 2.56 bits per heavy atom. The summed E-state index contributed by atoms with van der Waals surface area (Å²) < 4.78 is 66.7. The molecule has 1 aliphatic heterocycles. The molecule has 36 heavy (non-hydrogen) atoms. The molecule has 0 radical (unpaired) electrons. The minimum atomic E-state index is -2.85. The maximum absolute atomic E-state index is 15.1. The van der Waals surface area contributed by atoms with Gasteiger partial charge in [-0.2, -0.15) is 0 Å². The molecule has 0 bridgehead atoms. The Morgan fingerprint density at radius 1 is 1.22 bits per heavy atom. The van der Waals surface area contributed by atoms with Crippen LogP contribution in [0.25, 0.3) is 22.8 Å². The van der Waals surface area contributed by atoms with Crippen LogP contribution >= 0.6 is 0 Å². The van der Waals surface area contributed by atoms with Gasteiger partial charge in [0.1, 0.15) is 28.5 Å². The zero-order valence-corrected chi connectivity index (χ0v) is 20.9. The van der Waals surface area contributed by atoms with E-state index in [1.807, 2.05) is 0 Å². The zero-order valence-electron chi connectivity index (χ0n) is 20.0. The summed E-state index contributed by atoms with van der Waals surface area (Å²) in [6.07, 6.45) is -0.117. The number of hydrogen-bond acceptors (Lipinski definition) is 9. The summed E-state index contributed by atoms with van der Waals surface area (Å²) in [6.45, 7) is 4.32. The van der Waals surface area contributed by atoms with Gasteiger partial charge in [-0.25, -0.2) is 31.7 Å². The zero-order chi connectivity index (χ0) is 26.3. The number of aliphatic imine (C=N–C) groups is 1. The molecular formula is C23H25F3N6O3S. The van der Waals surface area contributed by atoms with Crippen LogP contribution < -0.4 is 10.5 Å². The third kappa shape index (κ3) is 4.54. The fourth-order valence-corrected chi connectivity index (χ4v) is 6.18. The highest BCUT2D eigenvalue weighted by Crippen LogP contribution is 2.40. The molecule has 0 spiro atoms. The summed E-state index contributed by atoms with van der Waals surface area (Å²) in [6, 6.07) is 5.88. The van der Waals surface area contributed by atoms with Crippen LogP contribution in [0.2, 0.25) is 0 Å². The maximum atomic E-state index is 15.1. The van der Waals surface area contributed by atoms with Crippen molar-refractivity contribution < 1.29 is 26.6 Å². The smallest absolute Gasteiger partial charge is 0.272 e. The summed E-state index contributed by atoms with van der Waals surface area (Å²) in [7, 11) is -1.39. The van der Waals surface area contributed by atoms with Crippen molar-refractivity contribution in [1.29, 1.82) is 0 Å². The molecule has 0 saturated carbocycles. The lowest BCUT2D eigenvalue weighted by Crippen LogP contribution is -2.54. The molecule has 0 saturated heterocycles. The second-order valence-electron chi connectivity index (χ2n) is 8.96. The van der Waals surface area contributed by atoms with E-state index in [0.29, 0.717) is 11.3 Å². The number of rotatable bonds is 6. The van der Waals surface area contributed by atoms with Crippen molar-refractivity contribution in [3.63, 3.8) is 0 Å². The number of nitrogens with two attached hydrogens (primary N) is 1. The molecule has 1 aromatic carbocycles. The first-order valence-electron chi connectivity index (χ1n) is 10.9. The van der Waals surface area contributed by atoms with Crippen LogP contribution in [0.5, 0.6) is 5.75 Å². The molecule has 0 aliphatic carbocycles. The molecule has 9 nitrogen and oxygen atoms in total. The lowest BCUT2D eigenvalue weighted by molar-refractivity contribution is 0.0815. The Labute approximate surface area is 206 Å². The van der Waals surface area contributed by atoms with E-state index >= 15 is 4.39 Å². The fourth-order valence-electron chi connectivity index (χ4n) is 3.88. The Balaban J connectivity index is 1.67. The Kier molecular flexibility index (Phi) is 6.54. The fraction of sp³-hybridized carbons (Fsp3) is 0.391. The lowest BCUT2D eigenvalue weighted by Gasteiger charge is -2.40. The van der Waals surface area contributed by atoms with E-state index in [-0.39, 0.29) is 34.4 Å². The number of amidine groups is 1. The molecule has 2 N–H and O–H groups in total. The highest BCUT2D eigenvalue weighted by molar-refractivity contribution is 7.95. The van der Waals surface area contributed by atoms with Gasteiger partial charge in [-0.15, -0.1) is 0 Å². The van der Waals surface area contributed by atoms with E-state index in [9.17, 15) is 13.0 Å². The first-order valence-corrected chi connectivity index (χ1v) is 12.6. The maximum Gasteiger partial charge on any atom is 0.272 e. The average molecular weight is 523 g/mol. The third-order valence-corrected chi connectivity index (χ3v) is 9.47. The molecule has 3 heterocycles. The molecular weight excluding hydrogens is 497 g/mol. The van der Waals surface area contributed by atoms with E-state index in [2.05, 4.69) is 24.5 Å². The summed E-state index contributed by atoms with van der Waals surface area (Å²) in [4.78, 5) is 12.7. The first-order chi connectivity index (χ1) is 16.9. The van der Waals surface area contributed by atoms with E-state index in [4.69, 9.17) is 15.0 Å². The Morgan fingerprint density at radius 2 is 1.92 bits per heavy atom. The molecule has 2 atom stereocenters. The van der Waals surface area contributed by atoms with Crippen LogP contribution in [0.1, 0.15) is 26.3 Å². The van der Waals surface area contributed by atoms with Crippen molar-refractivity contribution in [3.05, 3.63) is 48.0 Å². The minimum Gasteiger partial charge on any atom is -0.484 e. The van der Waals surface area contributed by atoms with Crippen molar-refractivity contribution in [3.8, 4) is 28.6 Å². The molecule has 0 unspecified atom stereocenters. The van der Waals surface area contributed by atoms with Gasteiger partial charge in [0.15, 0.2) is 23.0 Å². The van der Waals surface area contributed by atoms with Gasteiger partial charge in [-0.1, -0.05) is 5.16 Å². The second-order valence-corrected chi connectivity index (χ2v) is 11.9. The van der Waals surface area contributed by atoms with Gasteiger partial charge in [0.2, 0.25) is 0 Å². The van der Waals surface area contributed by atoms with Gasteiger partial charge >= 0.3 is 0 Å². The predicted molar refractivity (Wildman–Crippen MR) is 129 cm³/mol. The SMILES string of the molecule is CN=[S@@]1(=O)C[C@@](C)(c2cc(-c3cc(-c4ncc(OCC(F)F)cn4)no3)ccc2F)N=C(N)C1(C)C. The van der Waals surface area contributed by atoms with Crippen LogP contribution in [-0.4, -0.2) is 55.7 Å². The van der Waals surface area contributed by atoms with Gasteiger partial charge in [0.25, 0.3) is 6.43 Å². The molecule has 0 amide bonds. The van der Waals surface area contributed by atoms with Gasteiger partial charge in [-0.05, 0) is 39.0 Å². The van der Waals surface area contributed by atoms with Crippen LogP contribution in [-0.2, 0) is 15.3 Å². The molecule has 13 heteroatoms.